The highest BCUT2D eigenvalue weighted by Crippen LogP contribution is 2.20. The van der Waals surface area contributed by atoms with Crippen LogP contribution in [0.25, 0.3) is 0 Å². The van der Waals surface area contributed by atoms with Gasteiger partial charge in [0.2, 0.25) is 5.82 Å². The molecule has 0 aliphatic carbocycles. The molecule has 0 bridgehead atoms. The lowest BCUT2D eigenvalue weighted by atomic mass is 10.3. The number of nitrogen functional groups attached to an aromatic ring is 1. The van der Waals surface area contributed by atoms with Crippen LogP contribution in [0.15, 0.2) is 12.1 Å². The van der Waals surface area contributed by atoms with E-state index in [0.29, 0.717) is 5.82 Å². The molecule has 1 rings (SSSR count). The van der Waals surface area contributed by atoms with Crippen LogP contribution < -0.4 is 11.1 Å². The number of aliphatic hydroxyl groups is 1. The molecule has 1 aromatic rings. The van der Waals surface area contributed by atoms with Gasteiger partial charge in [-0.25, -0.2) is 4.98 Å². The van der Waals surface area contributed by atoms with Crippen LogP contribution in [0.4, 0.5) is 17.3 Å². The van der Waals surface area contributed by atoms with Gasteiger partial charge < -0.3 is 16.2 Å². The van der Waals surface area contributed by atoms with Gasteiger partial charge in [-0.2, -0.15) is 0 Å². The molecule has 1 aromatic heterocycles. The first-order valence-corrected chi connectivity index (χ1v) is 4.33. The summed E-state index contributed by atoms with van der Waals surface area (Å²) in [5.41, 5.74) is 5.16. The SMILES string of the molecule is CC(CO)Nc1ccc([N+](=O)[O-])c(N)n1. The van der Waals surface area contributed by atoms with Gasteiger partial charge in [0, 0.05) is 12.1 Å². The van der Waals surface area contributed by atoms with E-state index in [1.54, 1.807) is 6.92 Å². The first-order chi connectivity index (χ1) is 7.04. The van der Waals surface area contributed by atoms with E-state index >= 15 is 0 Å². The lowest BCUT2D eigenvalue weighted by Crippen LogP contribution is -2.20. The van der Waals surface area contributed by atoms with Gasteiger partial charge in [0.25, 0.3) is 0 Å². The lowest BCUT2D eigenvalue weighted by molar-refractivity contribution is -0.384. The Bertz CT molecular complexity index is 369. The minimum atomic E-state index is -0.596. The van der Waals surface area contributed by atoms with Crippen LogP contribution in [0.5, 0.6) is 0 Å². The van der Waals surface area contributed by atoms with E-state index in [9.17, 15) is 10.1 Å². The molecular weight excluding hydrogens is 200 g/mol. The minimum absolute atomic E-state index is 0.0570. The smallest absolute Gasteiger partial charge is 0.311 e. The van der Waals surface area contributed by atoms with Crippen LogP contribution in [0, 0.1) is 10.1 Å². The van der Waals surface area contributed by atoms with E-state index in [0.717, 1.165) is 0 Å². The summed E-state index contributed by atoms with van der Waals surface area (Å²) in [5.74, 6) is 0.259. The summed E-state index contributed by atoms with van der Waals surface area (Å²) in [7, 11) is 0. The topological polar surface area (TPSA) is 114 Å². The number of hydrogen-bond donors (Lipinski definition) is 3. The van der Waals surface area contributed by atoms with Gasteiger partial charge >= 0.3 is 5.69 Å². The van der Waals surface area contributed by atoms with E-state index in [4.69, 9.17) is 10.8 Å². The molecule has 0 spiro atoms. The third-order valence-electron chi connectivity index (χ3n) is 1.77. The number of aromatic nitrogens is 1. The Kier molecular flexibility index (Phi) is 3.40. The zero-order valence-corrected chi connectivity index (χ0v) is 8.17. The first-order valence-electron chi connectivity index (χ1n) is 4.33. The molecule has 1 heterocycles. The van der Waals surface area contributed by atoms with Crippen LogP contribution in [0.1, 0.15) is 6.92 Å². The van der Waals surface area contributed by atoms with Gasteiger partial charge in [-0.05, 0) is 13.0 Å². The summed E-state index contributed by atoms with van der Waals surface area (Å²) < 4.78 is 0. The van der Waals surface area contributed by atoms with Crippen LogP contribution in [-0.2, 0) is 0 Å². The quantitative estimate of drug-likeness (QED) is 0.490. The average Bonchev–Trinajstić information content (AvgIpc) is 2.17. The number of anilines is 2. The van der Waals surface area contributed by atoms with Crippen molar-refractivity contribution in [1.82, 2.24) is 4.98 Å². The van der Waals surface area contributed by atoms with Crippen molar-refractivity contribution in [1.29, 1.82) is 0 Å². The number of rotatable bonds is 4. The van der Waals surface area contributed by atoms with Crippen LogP contribution in [-0.4, -0.2) is 27.7 Å². The second kappa shape index (κ2) is 4.56. The summed E-state index contributed by atoms with van der Waals surface area (Å²) in [5, 5.41) is 22.0. The molecule has 0 aliphatic rings. The summed E-state index contributed by atoms with van der Waals surface area (Å²) >= 11 is 0. The van der Waals surface area contributed by atoms with Crippen molar-refractivity contribution in [2.24, 2.45) is 0 Å². The molecule has 1 atom stereocenters. The summed E-state index contributed by atoms with van der Waals surface area (Å²) in [6.45, 7) is 1.69. The van der Waals surface area contributed by atoms with Crippen molar-refractivity contribution in [2.75, 3.05) is 17.7 Å². The van der Waals surface area contributed by atoms with Crippen molar-refractivity contribution in [2.45, 2.75) is 13.0 Å². The molecule has 1 unspecified atom stereocenters. The van der Waals surface area contributed by atoms with E-state index in [-0.39, 0.29) is 24.2 Å². The first kappa shape index (κ1) is 11.2. The molecule has 0 radical (unpaired) electrons. The van der Waals surface area contributed by atoms with Crippen molar-refractivity contribution in [3.8, 4) is 0 Å². The molecule has 0 amide bonds. The van der Waals surface area contributed by atoms with Crippen LogP contribution >= 0.6 is 0 Å². The second-order valence-electron chi connectivity index (χ2n) is 3.09. The second-order valence-corrected chi connectivity index (χ2v) is 3.09. The van der Waals surface area contributed by atoms with Crippen LogP contribution in [0.3, 0.4) is 0 Å². The fourth-order valence-corrected chi connectivity index (χ4v) is 1.00. The third kappa shape index (κ3) is 2.78. The van der Waals surface area contributed by atoms with Gasteiger partial charge in [0.05, 0.1) is 11.5 Å². The van der Waals surface area contributed by atoms with E-state index in [1.807, 2.05) is 0 Å². The van der Waals surface area contributed by atoms with Gasteiger partial charge in [0.15, 0.2) is 0 Å². The van der Waals surface area contributed by atoms with Gasteiger partial charge in [-0.3, -0.25) is 10.1 Å². The Morgan fingerprint density at radius 1 is 1.73 bits per heavy atom. The van der Waals surface area contributed by atoms with Gasteiger partial charge in [0.1, 0.15) is 5.82 Å². The number of pyridine rings is 1. The van der Waals surface area contributed by atoms with Crippen molar-refractivity contribution < 1.29 is 10.0 Å². The summed E-state index contributed by atoms with van der Waals surface area (Å²) in [6.07, 6.45) is 0. The zero-order chi connectivity index (χ0) is 11.4. The van der Waals surface area contributed by atoms with Crippen molar-refractivity contribution in [3.05, 3.63) is 22.2 Å². The Morgan fingerprint density at radius 2 is 2.40 bits per heavy atom. The molecule has 0 saturated carbocycles. The molecule has 82 valence electrons. The highest BCUT2D eigenvalue weighted by atomic mass is 16.6. The molecule has 0 saturated heterocycles. The molecule has 0 fully saturated rings. The van der Waals surface area contributed by atoms with Gasteiger partial charge in [-0.1, -0.05) is 0 Å². The average molecular weight is 212 g/mol. The van der Waals surface area contributed by atoms with Crippen LogP contribution in [0.2, 0.25) is 0 Å². The number of nitrogens with zero attached hydrogens (tertiary/aromatic N) is 2. The summed E-state index contributed by atoms with van der Waals surface area (Å²) in [6, 6.07) is 2.54. The van der Waals surface area contributed by atoms with Crippen molar-refractivity contribution >= 4 is 17.3 Å². The highest BCUT2D eigenvalue weighted by molar-refractivity contribution is 5.57. The van der Waals surface area contributed by atoms with Crippen molar-refractivity contribution in [3.63, 3.8) is 0 Å². The molecular formula is C8H12N4O3. The molecule has 15 heavy (non-hydrogen) atoms. The van der Waals surface area contributed by atoms with E-state index in [1.165, 1.54) is 12.1 Å². The number of hydrogen-bond acceptors (Lipinski definition) is 6. The van der Waals surface area contributed by atoms with E-state index in [2.05, 4.69) is 10.3 Å². The largest absolute Gasteiger partial charge is 0.394 e. The maximum absolute atomic E-state index is 10.4. The number of aliphatic hydroxyl groups excluding tert-OH is 1. The predicted molar refractivity (Wildman–Crippen MR) is 55.5 cm³/mol. The zero-order valence-electron chi connectivity index (χ0n) is 8.17. The molecule has 7 heteroatoms. The Labute approximate surface area is 86.1 Å². The minimum Gasteiger partial charge on any atom is -0.394 e. The molecule has 7 nitrogen and oxygen atoms in total. The Balaban J connectivity index is 2.87. The standard InChI is InChI=1S/C8H12N4O3/c1-5(4-13)10-7-3-2-6(12(14)15)8(9)11-7/h2-3,5,13H,4H2,1H3,(H3,9,10,11). The molecule has 0 aliphatic heterocycles. The molecule has 4 N–H and O–H groups in total. The highest BCUT2D eigenvalue weighted by Gasteiger charge is 2.13. The Morgan fingerprint density at radius 3 is 2.87 bits per heavy atom. The number of nitrogens with two attached hydrogens (primary N) is 1. The maximum atomic E-state index is 10.4. The monoisotopic (exact) mass is 212 g/mol. The maximum Gasteiger partial charge on any atom is 0.311 e. The Hall–Kier alpha value is -1.89. The number of nitro groups is 1. The fraction of sp³-hybridized carbons (Fsp3) is 0.375. The fourth-order valence-electron chi connectivity index (χ4n) is 1.00. The summed E-state index contributed by atoms with van der Waals surface area (Å²) in [4.78, 5) is 13.6. The molecule has 0 aromatic carbocycles. The third-order valence-corrected chi connectivity index (χ3v) is 1.77. The van der Waals surface area contributed by atoms with Gasteiger partial charge in [-0.15, -0.1) is 0 Å². The normalized spacial score (nSPS) is 12.1. The number of nitrogens with one attached hydrogen (secondary N) is 1. The lowest BCUT2D eigenvalue weighted by Gasteiger charge is -2.11. The van der Waals surface area contributed by atoms with E-state index < -0.39 is 4.92 Å². The predicted octanol–water partition coefficient (Wildman–Crippen LogP) is 0.365.